The summed E-state index contributed by atoms with van der Waals surface area (Å²) in [5, 5.41) is 4.52. The largest absolute Gasteiger partial charge is 0.489 e. The SMILES string of the molecule is C/C(=N\NC(=O)c1ccc(-n2cccc2)cc1)c1ccc(OCc2c(F)cccc2Cl)cc1. The van der Waals surface area contributed by atoms with E-state index in [9.17, 15) is 9.18 Å². The van der Waals surface area contributed by atoms with Crippen LogP contribution in [-0.4, -0.2) is 16.2 Å². The lowest BCUT2D eigenvalue weighted by Gasteiger charge is -2.09. The Morgan fingerprint density at radius 1 is 0.970 bits per heavy atom. The predicted molar refractivity (Wildman–Crippen MR) is 128 cm³/mol. The topological polar surface area (TPSA) is 55.6 Å². The molecule has 0 spiro atoms. The van der Waals surface area contributed by atoms with Crippen molar-refractivity contribution in [3.63, 3.8) is 0 Å². The fourth-order valence-corrected chi connectivity index (χ4v) is 3.39. The molecule has 0 fully saturated rings. The molecular formula is C26H21ClFN3O2. The normalized spacial score (nSPS) is 11.3. The number of carbonyl (C=O) groups excluding carboxylic acids is 1. The first kappa shape index (κ1) is 22.3. The summed E-state index contributed by atoms with van der Waals surface area (Å²) in [4.78, 5) is 12.4. The van der Waals surface area contributed by atoms with Crippen molar-refractivity contribution in [3.05, 3.63) is 119 Å². The zero-order valence-electron chi connectivity index (χ0n) is 17.8. The molecule has 33 heavy (non-hydrogen) atoms. The monoisotopic (exact) mass is 461 g/mol. The number of rotatable bonds is 7. The predicted octanol–water partition coefficient (Wildman–Crippen LogP) is 6.00. The van der Waals surface area contributed by atoms with Crippen LogP contribution in [0.3, 0.4) is 0 Å². The third-order valence-corrected chi connectivity index (χ3v) is 5.43. The molecule has 0 atom stereocenters. The van der Waals surface area contributed by atoms with E-state index in [-0.39, 0.29) is 12.5 Å². The van der Waals surface area contributed by atoms with Crippen LogP contribution in [-0.2, 0) is 6.61 Å². The number of benzene rings is 3. The minimum atomic E-state index is -0.405. The second-order valence-electron chi connectivity index (χ2n) is 7.29. The van der Waals surface area contributed by atoms with Crippen molar-refractivity contribution < 1.29 is 13.9 Å². The van der Waals surface area contributed by atoms with Gasteiger partial charge in [0.2, 0.25) is 0 Å². The molecule has 166 valence electrons. The highest BCUT2D eigenvalue weighted by Gasteiger charge is 2.09. The van der Waals surface area contributed by atoms with Gasteiger partial charge in [0.05, 0.1) is 10.7 Å². The molecule has 0 saturated carbocycles. The van der Waals surface area contributed by atoms with Crippen LogP contribution >= 0.6 is 11.6 Å². The molecule has 5 nitrogen and oxygen atoms in total. The van der Waals surface area contributed by atoms with Crippen LogP contribution in [0.25, 0.3) is 5.69 Å². The van der Waals surface area contributed by atoms with Crippen molar-refractivity contribution in [2.75, 3.05) is 0 Å². The number of halogens is 2. The molecule has 1 N–H and O–H groups in total. The van der Waals surface area contributed by atoms with E-state index in [0.29, 0.717) is 27.6 Å². The average Bonchev–Trinajstić information content (AvgIpc) is 3.37. The molecule has 3 aromatic carbocycles. The molecule has 0 aliphatic heterocycles. The van der Waals surface area contributed by atoms with Gasteiger partial charge in [0, 0.05) is 29.2 Å². The minimum Gasteiger partial charge on any atom is -0.489 e. The number of nitrogens with one attached hydrogen (secondary N) is 1. The van der Waals surface area contributed by atoms with Gasteiger partial charge in [-0.15, -0.1) is 0 Å². The highest BCUT2D eigenvalue weighted by atomic mass is 35.5. The third-order valence-electron chi connectivity index (χ3n) is 5.07. The molecule has 4 rings (SSSR count). The van der Waals surface area contributed by atoms with Crippen molar-refractivity contribution in [1.29, 1.82) is 0 Å². The number of amides is 1. The van der Waals surface area contributed by atoms with Crippen molar-refractivity contribution in [1.82, 2.24) is 9.99 Å². The van der Waals surface area contributed by atoms with Crippen molar-refractivity contribution in [2.24, 2.45) is 5.10 Å². The van der Waals surface area contributed by atoms with Crippen LogP contribution in [0.5, 0.6) is 5.75 Å². The van der Waals surface area contributed by atoms with E-state index < -0.39 is 5.82 Å². The lowest BCUT2D eigenvalue weighted by molar-refractivity contribution is 0.0955. The first-order valence-corrected chi connectivity index (χ1v) is 10.6. The van der Waals surface area contributed by atoms with Gasteiger partial charge in [0.15, 0.2) is 0 Å². The van der Waals surface area contributed by atoms with Crippen LogP contribution in [0, 0.1) is 5.82 Å². The van der Waals surface area contributed by atoms with Gasteiger partial charge in [-0.05, 0) is 85.3 Å². The first-order valence-electron chi connectivity index (χ1n) is 10.3. The Labute approximate surface area is 196 Å². The van der Waals surface area contributed by atoms with Crippen molar-refractivity contribution in [3.8, 4) is 11.4 Å². The number of aromatic nitrogens is 1. The van der Waals surface area contributed by atoms with E-state index in [1.807, 2.05) is 53.4 Å². The van der Waals surface area contributed by atoms with E-state index in [1.54, 1.807) is 43.3 Å². The quantitative estimate of drug-likeness (QED) is 0.271. The molecular weight excluding hydrogens is 441 g/mol. The lowest BCUT2D eigenvalue weighted by atomic mass is 10.1. The molecule has 0 saturated heterocycles. The fourth-order valence-electron chi connectivity index (χ4n) is 3.17. The van der Waals surface area contributed by atoms with Crippen LogP contribution in [0.15, 0.2) is 96.4 Å². The smallest absolute Gasteiger partial charge is 0.271 e. The van der Waals surface area contributed by atoms with Gasteiger partial charge in [-0.3, -0.25) is 4.79 Å². The summed E-state index contributed by atoms with van der Waals surface area (Å²) in [5.74, 6) is -0.134. The van der Waals surface area contributed by atoms with Crippen LogP contribution in [0.4, 0.5) is 4.39 Å². The molecule has 7 heteroatoms. The van der Waals surface area contributed by atoms with E-state index in [2.05, 4.69) is 10.5 Å². The maximum absolute atomic E-state index is 13.9. The van der Waals surface area contributed by atoms with Crippen LogP contribution in [0.1, 0.15) is 28.4 Å². The molecule has 0 bridgehead atoms. The minimum absolute atomic E-state index is 0.0249. The second-order valence-corrected chi connectivity index (χ2v) is 7.70. The van der Waals surface area contributed by atoms with Gasteiger partial charge in [0.1, 0.15) is 18.2 Å². The Balaban J connectivity index is 1.35. The average molecular weight is 462 g/mol. The molecule has 1 amide bonds. The Morgan fingerprint density at radius 3 is 2.30 bits per heavy atom. The molecule has 1 heterocycles. The summed E-state index contributed by atoms with van der Waals surface area (Å²) < 4.78 is 21.5. The summed E-state index contributed by atoms with van der Waals surface area (Å²) in [6.07, 6.45) is 3.88. The highest BCUT2D eigenvalue weighted by molar-refractivity contribution is 6.31. The van der Waals surface area contributed by atoms with Gasteiger partial charge in [-0.2, -0.15) is 5.10 Å². The van der Waals surface area contributed by atoms with Crippen molar-refractivity contribution in [2.45, 2.75) is 13.5 Å². The van der Waals surface area contributed by atoms with Gasteiger partial charge in [0.25, 0.3) is 5.91 Å². The van der Waals surface area contributed by atoms with E-state index >= 15 is 0 Å². The summed E-state index contributed by atoms with van der Waals surface area (Å²) >= 11 is 6.03. The zero-order valence-corrected chi connectivity index (χ0v) is 18.6. The molecule has 0 unspecified atom stereocenters. The van der Waals surface area contributed by atoms with E-state index in [4.69, 9.17) is 16.3 Å². The number of nitrogens with zero attached hydrogens (tertiary/aromatic N) is 2. The summed E-state index contributed by atoms with van der Waals surface area (Å²) in [7, 11) is 0. The van der Waals surface area contributed by atoms with Crippen molar-refractivity contribution >= 4 is 23.2 Å². The molecule has 0 aliphatic rings. The number of hydrogen-bond donors (Lipinski definition) is 1. The van der Waals surface area contributed by atoms with E-state index in [1.165, 1.54) is 6.07 Å². The Kier molecular flexibility index (Phi) is 6.86. The summed E-state index contributed by atoms with van der Waals surface area (Å²) in [6, 6.07) is 22.8. The second kappa shape index (κ2) is 10.1. The highest BCUT2D eigenvalue weighted by Crippen LogP contribution is 2.22. The number of hydrazone groups is 1. The standard InChI is InChI=1S/C26H21ClFN3O2/c1-18(29-30-26(32)20-7-11-21(12-8-20)31-15-2-3-16-31)19-9-13-22(14-10-19)33-17-23-24(27)5-4-6-25(23)28/h2-16H,17H2,1H3,(H,30,32)/b29-18+. The maximum Gasteiger partial charge on any atom is 0.271 e. The Hall–Kier alpha value is -3.90. The van der Waals surface area contributed by atoms with Gasteiger partial charge >= 0.3 is 0 Å². The molecule has 0 aliphatic carbocycles. The molecule has 0 radical (unpaired) electrons. The molecule has 1 aromatic heterocycles. The third kappa shape index (κ3) is 5.48. The van der Waals surface area contributed by atoms with Gasteiger partial charge in [-0.25, -0.2) is 9.82 Å². The fraction of sp³-hybridized carbons (Fsp3) is 0.0769. The Bertz CT molecular complexity index is 1250. The summed E-state index contributed by atoms with van der Waals surface area (Å²) in [5.41, 5.74) is 5.82. The van der Waals surface area contributed by atoms with E-state index in [0.717, 1.165) is 11.3 Å². The maximum atomic E-state index is 13.9. The van der Waals surface area contributed by atoms with Gasteiger partial charge < -0.3 is 9.30 Å². The van der Waals surface area contributed by atoms with Crippen LogP contribution < -0.4 is 10.2 Å². The lowest BCUT2D eigenvalue weighted by Crippen LogP contribution is -2.19. The van der Waals surface area contributed by atoms with Crippen LogP contribution in [0.2, 0.25) is 5.02 Å². The van der Waals surface area contributed by atoms with Gasteiger partial charge in [-0.1, -0.05) is 17.7 Å². The number of ether oxygens (including phenoxy) is 1. The first-order chi connectivity index (χ1) is 16.0. The number of hydrogen-bond acceptors (Lipinski definition) is 3. The molecule has 4 aromatic rings. The zero-order chi connectivity index (χ0) is 23.2. The number of carbonyl (C=O) groups is 1. The Morgan fingerprint density at radius 2 is 1.64 bits per heavy atom. The summed E-state index contributed by atoms with van der Waals surface area (Å²) in [6.45, 7) is 1.82.